The first-order chi connectivity index (χ1) is 14.6. The first-order valence-corrected chi connectivity index (χ1v) is 11.0. The van der Waals surface area contributed by atoms with Crippen molar-refractivity contribution in [2.24, 2.45) is 16.7 Å². The highest BCUT2D eigenvalue weighted by atomic mass is 16.5. The number of allylic oxidation sites excluding steroid dienone is 2. The lowest BCUT2D eigenvalue weighted by Crippen LogP contribution is -2.52. The fraction of sp³-hybridized carbons (Fsp3) is 0.407. The molecule has 1 saturated carbocycles. The van der Waals surface area contributed by atoms with Crippen molar-refractivity contribution in [3.63, 3.8) is 0 Å². The van der Waals surface area contributed by atoms with Crippen molar-refractivity contribution >= 4 is 12.1 Å². The zero-order chi connectivity index (χ0) is 20.8. The highest BCUT2D eigenvalue weighted by Crippen LogP contribution is 2.65. The molecule has 0 aliphatic heterocycles. The van der Waals surface area contributed by atoms with Crippen molar-refractivity contribution in [2.75, 3.05) is 0 Å². The minimum Gasteiger partial charge on any atom is -0.489 e. The maximum Gasteiger partial charge on any atom is 0.162 e. The Morgan fingerprint density at radius 1 is 1.13 bits per heavy atom. The van der Waals surface area contributed by atoms with E-state index in [1.807, 2.05) is 18.2 Å². The fourth-order valence-electron chi connectivity index (χ4n) is 6.43. The number of aldehydes is 1. The van der Waals surface area contributed by atoms with Crippen LogP contribution in [-0.4, -0.2) is 12.1 Å². The number of hydrogen-bond acceptors (Lipinski definition) is 3. The SMILES string of the molecule is C[C@]12CC[C@@H]3c4ccc(OCc5ccccc5)cc4CC[C@H]3[C@@]1(CC=O)C=CC2=O. The number of benzene rings is 2. The van der Waals surface area contributed by atoms with Crippen LogP contribution < -0.4 is 4.74 Å². The third kappa shape index (κ3) is 2.79. The smallest absolute Gasteiger partial charge is 0.162 e. The van der Waals surface area contributed by atoms with Crippen molar-refractivity contribution in [2.45, 2.75) is 51.6 Å². The molecule has 0 amide bonds. The van der Waals surface area contributed by atoms with Crippen LogP contribution in [0.4, 0.5) is 0 Å². The third-order valence-electron chi connectivity index (χ3n) is 8.11. The lowest BCUT2D eigenvalue weighted by molar-refractivity contribution is -0.135. The Morgan fingerprint density at radius 3 is 2.77 bits per heavy atom. The highest BCUT2D eigenvalue weighted by molar-refractivity contribution is 5.99. The zero-order valence-electron chi connectivity index (χ0n) is 17.5. The summed E-state index contributed by atoms with van der Waals surface area (Å²) in [5.74, 6) is 1.86. The van der Waals surface area contributed by atoms with Crippen LogP contribution in [0.5, 0.6) is 5.75 Å². The van der Waals surface area contributed by atoms with E-state index in [0.29, 0.717) is 24.9 Å². The van der Waals surface area contributed by atoms with Crippen LogP contribution in [0.15, 0.2) is 60.7 Å². The number of ketones is 1. The Morgan fingerprint density at radius 2 is 1.97 bits per heavy atom. The van der Waals surface area contributed by atoms with Gasteiger partial charge in [-0.1, -0.05) is 49.4 Å². The summed E-state index contributed by atoms with van der Waals surface area (Å²) in [6, 6.07) is 16.7. The predicted molar refractivity (Wildman–Crippen MR) is 116 cm³/mol. The number of carbonyl (C=O) groups excluding carboxylic acids is 2. The van der Waals surface area contributed by atoms with Crippen molar-refractivity contribution in [3.8, 4) is 5.75 Å². The molecule has 0 radical (unpaired) electrons. The van der Waals surface area contributed by atoms with E-state index in [1.54, 1.807) is 6.08 Å². The average molecular weight is 401 g/mol. The number of hydrogen-bond donors (Lipinski definition) is 0. The minimum atomic E-state index is -0.425. The van der Waals surface area contributed by atoms with Gasteiger partial charge in [0.25, 0.3) is 0 Å². The second-order valence-corrected chi connectivity index (χ2v) is 9.37. The fourth-order valence-corrected chi connectivity index (χ4v) is 6.43. The summed E-state index contributed by atoms with van der Waals surface area (Å²) in [5, 5.41) is 0. The van der Waals surface area contributed by atoms with Gasteiger partial charge < -0.3 is 9.53 Å². The number of ether oxygens (including phenoxy) is 1. The molecule has 3 aliphatic carbocycles. The van der Waals surface area contributed by atoms with E-state index in [0.717, 1.165) is 43.3 Å². The number of aryl methyl sites for hydroxylation is 1. The molecule has 0 saturated heterocycles. The lowest BCUT2D eigenvalue weighted by atomic mass is 9.46. The van der Waals surface area contributed by atoms with Gasteiger partial charge in [-0.25, -0.2) is 0 Å². The van der Waals surface area contributed by atoms with Gasteiger partial charge in [-0.3, -0.25) is 4.79 Å². The molecule has 0 bridgehead atoms. The summed E-state index contributed by atoms with van der Waals surface area (Å²) in [7, 11) is 0. The lowest BCUT2D eigenvalue weighted by Gasteiger charge is -2.55. The molecule has 1 fully saturated rings. The Balaban J connectivity index is 1.42. The summed E-state index contributed by atoms with van der Waals surface area (Å²) in [6.45, 7) is 2.66. The molecule has 4 atom stereocenters. The molecular formula is C27H28O3. The average Bonchev–Trinajstić information content (AvgIpc) is 3.04. The maximum absolute atomic E-state index is 12.7. The topological polar surface area (TPSA) is 43.4 Å². The molecule has 0 N–H and O–H groups in total. The van der Waals surface area contributed by atoms with E-state index in [-0.39, 0.29) is 11.2 Å². The molecule has 3 aliphatic rings. The monoisotopic (exact) mass is 400 g/mol. The van der Waals surface area contributed by atoms with E-state index in [9.17, 15) is 9.59 Å². The van der Waals surface area contributed by atoms with Crippen LogP contribution in [0, 0.1) is 16.7 Å². The molecular weight excluding hydrogens is 372 g/mol. The van der Waals surface area contributed by atoms with E-state index < -0.39 is 5.41 Å². The summed E-state index contributed by atoms with van der Waals surface area (Å²) >= 11 is 0. The van der Waals surface area contributed by atoms with E-state index in [4.69, 9.17) is 4.74 Å². The molecule has 0 heterocycles. The standard InChI is InChI=1S/C27H28O3/c1-26-13-11-23-22-9-8-21(30-18-19-5-3-2-4-6-19)17-20(22)7-10-24(23)27(26,15-16-28)14-12-25(26)29/h2-6,8-9,12,14,16-17,23-24H,7,10-11,13,15,18H2,1H3/t23-,24-,26-,27+/m1/s1. The Labute approximate surface area is 178 Å². The predicted octanol–water partition coefficient (Wildman–Crippen LogP) is 5.43. The number of carbonyl (C=O) groups is 2. The first kappa shape index (κ1) is 19.3. The zero-order valence-corrected chi connectivity index (χ0v) is 17.5. The van der Waals surface area contributed by atoms with Crippen LogP contribution in [0.25, 0.3) is 0 Å². The van der Waals surface area contributed by atoms with Gasteiger partial charge in [-0.2, -0.15) is 0 Å². The van der Waals surface area contributed by atoms with E-state index in [2.05, 4.69) is 43.3 Å². The van der Waals surface area contributed by atoms with Crippen molar-refractivity contribution in [1.82, 2.24) is 0 Å². The molecule has 0 spiro atoms. The quantitative estimate of drug-likeness (QED) is 0.629. The van der Waals surface area contributed by atoms with E-state index >= 15 is 0 Å². The van der Waals surface area contributed by atoms with Crippen LogP contribution >= 0.6 is 0 Å². The summed E-state index contributed by atoms with van der Waals surface area (Å²) in [4.78, 5) is 24.4. The van der Waals surface area contributed by atoms with Crippen molar-refractivity contribution in [3.05, 3.63) is 77.4 Å². The van der Waals surface area contributed by atoms with Crippen LogP contribution in [0.3, 0.4) is 0 Å². The van der Waals surface area contributed by atoms with Crippen molar-refractivity contribution < 1.29 is 14.3 Å². The van der Waals surface area contributed by atoms with Gasteiger partial charge in [0.15, 0.2) is 5.78 Å². The van der Waals surface area contributed by atoms with E-state index in [1.165, 1.54) is 11.1 Å². The molecule has 30 heavy (non-hydrogen) atoms. The number of rotatable bonds is 5. The molecule has 3 heteroatoms. The van der Waals surface area contributed by atoms with Gasteiger partial charge >= 0.3 is 0 Å². The van der Waals surface area contributed by atoms with Gasteiger partial charge in [0, 0.05) is 17.3 Å². The summed E-state index contributed by atoms with van der Waals surface area (Å²) in [6.07, 6.45) is 9.15. The minimum absolute atomic E-state index is 0.207. The molecule has 2 aromatic carbocycles. The molecule has 0 unspecified atom stereocenters. The molecule has 3 nitrogen and oxygen atoms in total. The van der Waals surface area contributed by atoms with Gasteiger partial charge in [0.2, 0.25) is 0 Å². The molecule has 5 rings (SSSR count). The van der Waals surface area contributed by atoms with Crippen LogP contribution in [-0.2, 0) is 22.6 Å². The van der Waals surface area contributed by atoms with Gasteiger partial charge in [-0.15, -0.1) is 0 Å². The van der Waals surface area contributed by atoms with Gasteiger partial charge in [-0.05, 0) is 72.4 Å². The summed E-state index contributed by atoms with van der Waals surface area (Å²) < 4.78 is 6.05. The molecule has 0 aromatic heterocycles. The normalized spacial score (nSPS) is 31.6. The Kier molecular flexibility index (Phi) is 4.65. The van der Waals surface area contributed by atoms with Crippen molar-refractivity contribution in [1.29, 1.82) is 0 Å². The second kappa shape index (κ2) is 7.23. The first-order valence-electron chi connectivity index (χ1n) is 11.0. The second-order valence-electron chi connectivity index (χ2n) is 9.37. The van der Waals surface area contributed by atoms with Crippen LogP contribution in [0.2, 0.25) is 0 Å². The number of fused-ring (bicyclic) bond motifs is 5. The summed E-state index contributed by atoms with van der Waals surface area (Å²) in [5.41, 5.74) is 3.16. The largest absolute Gasteiger partial charge is 0.489 e. The highest BCUT2D eigenvalue weighted by Gasteiger charge is 2.62. The maximum atomic E-state index is 12.7. The van der Waals surface area contributed by atoms with Gasteiger partial charge in [0.1, 0.15) is 18.6 Å². The Bertz CT molecular complexity index is 1010. The third-order valence-corrected chi connectivity index (χ3v) is 8.11. The van der Waals surface area contributed by atoms with Gasteiger partial charge in [0.05, 0.1) is 0 Å². The molecule has 2 aromatic rings. The molecule has 154 valence electrons. The Hall–Kier alpha value is -2.68. The van der Waals surface area contributed by atoms with Crippen LogP contribution in [0.1, 0.15) is 55.2 Å².